The maximum atomic E-state index is 12.5. The van der Waals surface area contributed by atoms with E-state index in [4.69, 9.17) is 4.74 Å². The molecular formula is C18H25N5O2. The van der Waals surface area contributed by atoms with Crippen molar-refractivity contribution in [1.29, 1.82) is 0 Å². The predicted molar refractivity (Wildman–Crippen MR) is 94.3 cm³/mol. The molecule has 2 aromatic rings. The van der Waals surface area contributed by atoms with Crippen LogP contribution in [0.2, 0.25) is 0 Å². The summed E-state index contributed by atoms with van der Waals surface area (Å²) in [5, 5.41) is 10.7. The van der Waals surface area contributed by atoms with Crippen molar-refractivity contribution in [3.63, 3.8) is 0 Å². The van der Waals surface area contributed by atoms with Gasteiger partial charge in [0.2, 0.25) is 0 Å². The van der Waals surface area contributed by atoms with Gasteiger partial charge in [-0.15, -0.1) is 10.2 Å². The average Bonchev–Trinajstić information content (AvgIpc) is 3.16. The highest BCUT2D eigenvalue weighted by Gasteiger charge is 2.29. The highest BCUT2D eigenvalue weighted by molar-refractivity contribution is 5.74. The molecule has 1 aromatic carbocycles. The molecule has 0 spiro atoms. The number of hydrogen-bond acceptors (Lipinski definition) is 4. The van der Waals surface area contributed by atoms with Crippen molar-refractivity contribution in [2.75, 3.05) is 13.6 Å². The van der Waals surface area contributed by atoms with Crippen molar-refractivity contribution in [3.8, 4) is 5.75 Å². The number of rotatable bonds is 6. The van der Waals surface area contributed by atoms with Crippen molar-refractivity contribution in [3.05, 3.63) is 43.0 Å². The largest absolute Gasteiger partial charge is 0.488 e. The third-order valence-electron chi connectivity index (χ3n) is 4.55. The van der Waals surface area contributed by atoms with E-state index in [1.54, 1.807) is 24.6 Å². The van der Waals surface area contributed by atoms with Crippen molar-refractivity contribution in [1.82, 2.24) is 25.0 Å². The Morgan fingerprint density at radius 2 is 1.96 bits per heavy atom. The van der Waals surface area contributed by atoms with Crippen LogP contribution < -0.4 is 10.1 Å². The quantitative estimate of drug-likeness (QED) is 0.874. The highest BCUT2D eigenvalue weighted by Crippen LogP contribution is 2.24. The molecule has 25 heavy (non-hydrogen) atoms. The number of nitrogens with zero attached hydrogens (tertiary/aromatic N) is 4. The number of nitrogens with one attached hydrogen (secondary N) is 1. The first-order chi connectivity index (χ1) is 12.2. The van der Waals surface area contributed by atoms with Gasteiger partial charge in [0.15, 0.2) is 0 Å². The number of aromatic nitrogens is 3. The molecule has 0 aliphatic heterocycles. The first-order valence-corrected chi connectivity index (χ1v) is 8.78. The molecule has 0 unspecified atom stereocenters. The first-order valence-electron chi connectivity index (χ1n) is 8.78. The molecule has 7 nitrogen and oxygen atoms in total. The van der Waals surface area contributed by atoms with Gasteiger partial charge in [-0.05, 0) is 31.4 Å². The highest BCUT2D eigenvalue weighted by atomic mass is 16.5. The normalized spacial score (nSPS) is 20.0. The third-order valence-corrected chi connectivity index (χ3v) is 4.55. The summed E-state index contributed by atoms with van der Waals surface area (Å²) >= 11 is 0. The fourth-order valence-corrected chi connectivity index (χ4v) is 3.05. The lowest BCUT2D eigenvalue weighted by Crippen LogP contribution is -2.51. The maximum absolute atomic E-state index is 12.5. The SMILES string of the molecule is CN(CCn1cnnc1)C(=O)N[C@@H]1CCCC[C@H]1Oc1ccccc1. The molecule has 0 radical (unpaired) electrons. The van der Waals surface area contributed by atoms with E-state index in [0.717, 1.165) is 31.4 Å². The zero-order chi connectivity index (χ0) is 17.5. The molecule has 1 heterocycles. The molecule has 1 aliphatic carbocycles. The fourth-order valence-electron chi connectivity index (χ4n) is 3.05. The summed E-state index contributed by atoms with van der Waals surface area (Å²) in [6.45, 7) is 1.27. The van der Waals surface area contributed by atoms with Gasteiger partial charge in [0.1, 0.15) is 24.5 Å². The second-order valence-corrected chi connectivity index (χ2v) is 6.43. The molecule has 1 fully saturated rings. The standard InChI is InChI=1S/C18H25N5O2/c1-22(11-12-23-13-19-20-14-23)18(24)21-16-9-5-6-10-17(16)25-15-7-3-2-4-8-15/h2-4,7-8,13-14,16-17H,5-6,9-12H2,1H3,(H,21,24)/t16-,17-/m1/s1. The topological polar surface area (TPSA) is 72.3 Å². The zero-order valence-corrected chi connectivity index (χ0v) is 14.5. The van der Waals surface area contributed by atoms with Crippen LogP contribution in [0.5, 0.6) is 5.75 Å². The fraction of sp³-hybridized carbons (Fsp3) is 0.500. The minimum atomic E-state index is -0.0679. The number of para-hydroxylation sites is 1. The number of likely N-dealkylation sites (N-methyl/N-ethyl adjacent to an activating group) is 1. The Morgan fingerprint density at radius 3 is 2.72 bits per heavy atom. The smallest absolute Gasteiger partial charge is 0.317 e. The van der Waals surface area contributed by atoms with Crippen LogP contribution in [-0.2, 0) is 6.54 Å². The van der Waals surface area contributed by atoms with Crippen molar-refractivity contribution in [2.24, 2.45) is 0 Å². The molecule has 1 N–H and O–H groups in total. The van der Waals surface area contributed by atoms with Gasteiger partial charge in [-0.3, -0.25) is 0 Å². The molecule has 1 saturated carbocycles. The second-order valence-electron chi connectivity index (χ2n) is 6.43. The summed E-state index contributed by atoms with van der Waals surface area (Å²) in [4.78, 5) is 14.2. The number of carbonyl (C=O) groups is 1. The summed E-state index contributed by atoms with van der Waals surface area (Å²) in [6, 6.07) is 9.78. The van der Waals surface area contributed by atoms with Crippen LogP contribution in [0, 0.1) is 0 Å². The van der Waals surface area contributed by atoms with Crippen LogP contribution in [0.15, 0.2) is 43.0 Å². The predicted octanol–water partition coefficient (Wildman–Crippen LogP) is 2.31. The molecule has 1 aliphatic rings. The number of ether oxygens (including phenoxy) is 1. The summed E-state index contributed by atoms with van der Waals surface area (Å²) in [5.41, 5.74) is 0. The van der Waals surface area contributed by atoms with Gasteiger partial charge in [0.25, 0.3) is 0 Å². The Balaban J connectivity index is 1.52. The van der Waals surface area contributed by atoms with E-state index in [2.05, 4.69) is 15.5 Å². The molecule has 134 valence electrons. The average molecular weight is 343 g/mol. The van der Waals surface area contributed by atoms with Crippen molar-refractivity contribution in [2.45, 2.75) is 44.4 Å². The van der Waals surface area contributed by atoms with Crippen LogP contribution in [0.1, 0.15) is 25.7 Å². The maximum Gasteiger partial charge on any atom is 0.317 e. The Morgan fingerprint density at radius 1 is 1.24 bits per heavy atom. The van der Waals surface area contributed by atoms with Crippen LogP contribution in [0.4, 0.5) is 4.79 Å². The lowest BCUT2D eigenvalue weighted by Gasteiger charge is -2.33. The number of amides is 2. The zero-order valence-electron chi connectivity index (χ0n) is 14.5. The van der Waals surface area contributed by atoms with Gasteiger partial charge >= 0.3 is 6.03 Å². The molecule has 1 aromatic heterocycles. The number of urea groups is 1. The monoisotopic (exact) mass is 343 g/mol. The van der Waals surface area contributed by atoms with Crippen LogP contribution in [0.25, 0.3) is 0 Å². The first kappa shape index (κ1) is 17.3. The van der Waals surface area contributed by atoms with E-state index >= 15 is 0 Å². The molecule has 0 saturated heterocycles. The second kappa shape index (κ2) is 8.50. The summed E-state index contributed by atoms with van der Waals surface area (Å²) in [6.07, 6.45) is 7.48. The molecule has 0 bridgehead atoms. The van der Waals surface area contributed by atoms with Crippen LogP contribution in [0.3, 0.4) is 0 Å². The van der Waals surface area contributed by atoms with Crippen LogP contribution >= 0.6 is 0 Å². The van der Waals surface area contributed by atoms with Crippen LogP contribution in [-0.4, -0.2) is 51.4 Å². The summed E-state index contributed by atoms with van der Waals surface area (Å²) in [5.74, 6) is 0.856. The van der Waals surface area contributed by atoms with E-state index in [-0.39, 0.29) is 18.2 Å². The van der Waals surface area contributed by atoms with E-state index < -0.39 is 0 Å². The van der Waals surface area contributed by atoms with Gasteiger partial charge in [-0.25, -0.2) is 4.79 Å². The molecule has 7 heteroatoms. The van der Waals surface area contributed by atoms with E-state index in [1.165, 1.54) is 0 Å². The lowest BCUT2D eigenvalue weighted by molar-refractivity contribution is 0.112. The Kier molecular flexibility index (Phi) is 5.87. The lowest BCUT2D eigenvalue weighted by atomic mass is 9.92. The Hall–Kier alpha value is -2.57. The van der Waals surface area contributed by atoms with Gasteiger partial charge in [0, 0.05) is 20.1 Å². The van der Waals surface area contributed by atoms with Crippen molar-refractivity contribution < 1.29 is 9.53 Å². The Bertz CT molecular complexity index is 647. The molecular weight excluding hydrogens is 318 g/mol. The summed E-state index contributed by atoms with van der Waals surface area (Å²) in [7, 11) is 1.80. The van der Waals surface area contributed by atoms with Gasteiger partial charge in [-0.2, -0.15) is 0 Å². The van der Waals surface area contributed by atoms with Gasteiger partial charge < -0.3 is 19.5 Å². The van der Waals surface area contributed by atoms with Gasteiger partial charge in [-0.1, -0.05) is 24.6 Å². The van der Waals surface area contributed by atoms with Crippen molar-refractivity contribution >= 4 is 6.03 Å². The number of benzene rings is 1. The number of hydrogen-bond donors (Lipinski definition) is 1. The van der Waals surface area contributed by atoms with E-state index in [1.807, 2.05) is 34.9 Å². The minimum Gasteiger partial charge on any atom is -0.488 e. The molecule has 2 amide bonds. The third kappa shape index (κ3) is 4.95. The van der Waals surface area contributed by atoms with Gasteiger partial charge in [0.05, 0.1) is 6.04 Å². The minimum absolute atomic E-state index is 0.0198. The number of carbonyl (C=O) groups excluding carboxylic acids is 1. The molecule has 3 rings (SSSR count). The molecule has 2 atom stereocenters. The Labute approximate surface area is 148 Å². The van der Waals surface area contributed by atoms with E-state index in [0.29, 0.717) is 13.1 Å². The van der Waals surface area contributed by atoms with E-state index in [9.17, 15) is 4.79 Å². The summed E-state index contributed by atoms with van der Waals surface area (Å²) < 4.78 is 7.97.